The Balaban J connectivity index is 0.00000164. The van der Waals surface area contributed by atoms with Gasteiger partial charge in [0.1, 0.15) is 12.3 Å². The monoisotopic (exact) mass is 457 g/mol. The molecule has 0 spiro atoms. The molecule has 0 aliphatic heterocycles. The third-order valence-corrected chi connectivity index (χ3v) is 3.59. The Kier molecular flexibility index (Phi) is 9.49. The van der Waals surface area contributed by atoms with Crippen LogP contribution >= 0.6 is 0 Å². The van der Waals surface area contributed by atoms with Crippen molar-refractivity contribution in [1.82, 2.24) is 4.57 Å². The van der Waals surface area contributed by atoms with Gasteiger partial charge in [-0.2, -0.15) is 13.2 Å². The van der Waals surface area contributed by atoms with Crippen LogP contribution in [-0.4, -0.2) is 15.8 Å². The second kappa shape index (κ2) is 10.1. The molecule has 0 saturated heterocycles. The number of nitrogens with zero attached hydrogens (tertiary/aromatic N) is 1. The van der Waals surface area contributed by atoms with Crippen LogP contribution in [0.25, 0.3) is 22.2 Å². The van der Waals surface area contributed by atoms with E-state index in [4.69, 9.17) is 4.42 Å². The first-order valence-electron chi connectivity index (χ1n) is 7.75. The zero-order chi connectivity index (χ0) is 18.8. The molecular formula is C19H21F3NO3Y-. The maximum absolute atomic E-state index is 12.8. The van der Waals surface area contributed by atoms with E-state index in [-0.39, 0.29) is 62.5 Å². The fourth-order valence-electron chi connectivity index (χ4n) is 2.57. The molecule has 0 amide bonds. The molecule has 0 aliphatic rings. The second-order valence-electron chi connectivity index (χ2n) is 5.18. The normalized spacial score (nSPS) is 10.4. The van der Waals surface area contributed by atoms with E-state index in [1.54, 1.807) is 31.2 Å². The molecular weight excluding hydrogens is 436 g/mol. The smallest absolute Gasteiger partial charge is 0.406 e. The Morgan fingerprint density at radius 2 is 1.74 bits per heavy atom. The maximum atomic E-state index is 12.8. The fraction of sp³-hybridized carbons (Fsp3) is 0.263. The average Bonchev–Trinajstić information content (AvgIpc) is 3.04. The van der Waals surface area contributed by atoms with Crippen LogP contribution in [0, 0.1) is 14.4 Å². The van der Waals surface area contributed by atoms with Gasteiger partial charge in [0.15, 0.2) is 0 Å². The topological polar surface area (TPSA) is 55.4 Å². The van der Waals surface area contributed by atoms with E-state index < -0.39 is 18.3 Å². The van der Waals surface area contributed by atoms with Gasteiger partial charge < -0.3 is 17.0 Å². The number of benzene rings is 1. The fourth-order valence-corrected chi connectivity index (χ4v) is 2.57. The molecule has 0 atom stereocenters. The summed E-state index contributed by atoms with van der Waals surface area (Å²) >= 11 is 0. The van der Waals surface area contributed by atoms with Crippen molar-refractivity contribution in [2.45, 2.75) is 33.5 Å². The minimum Gasteiger partial charge on any atom is -0.506 e. The minimum atomic E-state index is -4.59. The molecule has 145 valence electrons. The molecule has 2 heterocycles. The summed E-state index contributed by atoms with van der Waals surface area (Å²) < 4.78 is 43.9. The van der Waals surface area contributed by atoms with Crippen LogP contribution < -0.4 is 5.56 Å². The zero-order valence-electron chi connectivity index (χ0n) is 15.6. The van der Waals surface area contributed by atoms with E-state index in [1.165, 1.54) is 6.07 Å². The van der Waals surface area contributed by atoms with E-state index in [2.05, 4.69) is 0 Å². The first kappa shape index (κ1) is 25.4. The Morgan fingerprint density at radius 3 is 2.30 bits per heavy atom. The van der Waals surface area contributed by atoms with E-state index >= 15 is 0 Å². The number of pyridine rings is 1. The van der Waals surface area contributed by atoms with Crippen molar-refractivity contribution in [1.29, 1.82) is 0 Å². The summed E-state index contributed by atoms with van der Waals surface area (Å²) in [6, 6.07) is 8.01. The van der Waals surface area contributed by atoms with Gasteiger partial charge >= 0.3 is 6.18 Å². The minimum absolute atomic E-state index is 0. The molecule has 8 heteroatoms. The van der Waals surface area contributed by atoms with E-state index in [0.717, 1.165) is 6.26 Å². The third kappa shape index (κ3) is 5.23. The van der Waals surface area contributed by atoms with Crippen molar-refractivity contribution in [3.63, 3.8) is 0 Å². The van der Waals surface area contributed by atoms with Gasteiger partial charge in [0, 0.05) is 32.7 Å². The summed E-state index contributed by atoms with van der Waals surface area (Å²) in [6.07, 6.45) is -3.46. The summed E-state index contributed by atoms with van der Waals surface area (Å²) in [5.41, 5.74) is -0.365. The molecule has 3 rings (SSSR count). The summed E-state index contributed by atoms with van der Waals surface area (Å²) in [5, 5.41) is 10.4. The number of aromatic hydroxyl groups is 1. The molecule has 2 aromatic heterocycles. The van der Waals surface area contributed by atoms with Crippen molar-refractivity contribution in [2.75, 3.05) is 0 Å². The predicted octanol–water partition coefficient (Wildman–Crippen LogP) is 5.31. The van der Waals surface area contributed by atoms with Gasteiger partial charge in [0.25, 0.3) is 5.56 Å². The van der Waals surface area contributed by atoms with Gasteiger partial charge in [0.2, 0.25) is 5.71 Å². The molecule has 0 fully saturated rings. The van der Waals surface area contributed by atoms with Crippen molar-refractivity contribution in [2.24, 2.45) is 0 Å². The number of hydrogen-bond acceptors (Lipinski definition) is 3. The Morgan fingerprint density at radius 1 is 1.15 bits per heavy atom. The third-order valence-electron chi connectivity index (χ3n) is 3.59. The van der Waals surface area contributed by atoms with Crippen molar-refractivity contribution < 1.29 is 55.4 Å². The average molecular weight is 457 g/mol. The molecule has 1 N–H and O–H groups in total. The molecule has 4 nitrogen and oxygen atoms in total. The number of halogens is 3. The summed E-state index contributed by atoms with van der Waals surface area (Å²) in [5.74, 6) is -0.383. The molecule has 27 heavy (non-hydrogen) atoms. The number of fused-ring (bicyclic) bond motifs is 1. The zero-order valence-corrected chi connectivity index (χ0v) is 18.4. The number of aryl methyl sites for hydroxylation is 1. The first-order valence-corrected chi connectivity index (χ1v) is 7.75. The molecule has 0 saturated carbocycles. The van der Waals surface area contributed by atoms with Crippen LogP contribution in [-0.2, 0) is 39.3 Å². The van der Waals surface area contributed by atoms with Gasteiger partial charge in [-0.3, -0.25) is 9.36 Å². The van der Waals surface area contributed by atoms with Gasteiger partial charge in [-0.05, 0) is 24.1 Å². The SMILES string of the molecule is CC.Cc1ccccc1-c1c(O)c2ccoc2n(CC(F)(F)F)c1=O.[CH3-].[Y]. The number of rotatable bonds is 2. The van der Waals surface area contributed by atoms with Gasteiger partial charge in [0.05, 0.1) is 17.2 Å². The van der Waals surface area contributed by atoms with Gasteiger partial charge in [-0.15, -0.1) is 0 Å². The molecule has 0 aliphatic carbocycles. The first-order chi connectivity index (χ1) is 11.8. The number of hydrogen-bond donors (Lipinski definition) is 1. The molecule has 1 aromatic carbocycles. The Labute approximate surface area is 180 Å². The van der Waals surface area contributed by atoms with E-state index in [0.29, 0.717) is 15.7 Å². The van der Waals surface area contributed by atoms with Crippen LogP contribution in [0.3, 0.4) is 0 Å². The quantitative estimate of drug-likeness (QED) is 0.531. The predicted molar refractivity (Wildman–Crippen MR) is 96.1 cm³/mol. The van der Waals surface area contributed by atoms with Crippen LogP contribution in [0.5, 0.6) is 5.75 Å². The van der Waals surface area contributed by atoms with Crippen molar-refractivity contribution >= 4 is 11.1 Å². The van der Waals surface area contributed by atoms with Crippen LogP contribution in [0.4, 0.5) is 13.2 Å². The van der Waals surface area contributed by atoms with E-state index in [1.807, 2.05) is 13.8 Å². The van der Waals surface area contributed by atoms with Crippen molar-refractivity contribution in [3.05, 3.63) is 59.9 Å². The number of alkyl halides is 3. The summed E-state index contributed by atoms with van der Waals surface area (Å²) in [6.45, 7) is 4.22. The largest absolute Gasteiger partial charge is 0.506 e. The summed E-state index contributed by atoms with van der Waals surface area (Å²) in [4.78, 5) is 12.6. The van der Waals surface area contributed by atoms with Crippen LogP contribution in [0.2, 0.25) is 0 Å². The van der Waals surface area contributed by atoms with Crippen LogP contribution in [0.1, 0.15) is 19.4 Å². The van der Waals surface area contributed by atoms with Crippen LogP contribution in [0.15, 0.2) is 45.8 Å². The van der Waals surface area contributed by atoms with Crippen molar-refractivity contribution in [3.8, 4) is 16.9 Å². The Hall–Kier alpha value is -1.60. The summed E-state index contributed by atoms with van der Waals surface area (Å²) in [7, 11) is 0. The molecule has 0 bridgehead atoms. The van der Waals surface area contributed by atoms with Gasteiger partial charge in [-0.1, -0.05) is 38.1 Å². The molecule has 3 aromatic rings. The number of furan rings is 1. The standard InChI is InChI=1S/C16H12F3NO3.C2H6.CH3.Y/c1-9-4-2-3-5-10(9)12-13(21)11-6-7-23-15(11)20(14(12)22)8-16(17,18)19;1-2;;/h2-7,21H,8H2,1H3;1-2H3;1H3;/q;;-1;. The second-order valence-corrected chi connectivity index (χ2v) is 5.18. The number of aromatic nitrogens is 1. The molecule has 0 unspecified atom stereocenters. The van der Waals surface area contributed by atoms with Gasteiger partial charge in [-0.25, -0.2) is 0 Å². The molecule has 1 radical (unpaired) electrons. The van der Waals surface area contributed by atoms with E-state index in [9.17, 15) is 23.1 Å². The Bertz CT molecular complexity index is 946. The maximum Gasteiger partial charge on any atom is 0.406 e.